The Hall–Kier alpha value is -1.40. The third-order valence-electron chi connectivity index (χ3n) is 5.51. The van der Waals surface area contributed by atoms with Crippen molar-refractivity contribution in [2.24, 2.45) is 11.8 Å². The third kappa shape index (κ3) is 4.82. The van der Waals surface area contributed by atoms with Gasteiger partial charge in [-0.25, -0.2) is 0 Å². The van der Waals surface area contributed by atoms with Crippen LogP contribution in [0.4, 0.5) is 0 Å². The fourth-order valence-corrected chi connectivity index (χ4v) is 4.10. The summed E-state index contributed by atoms with van der Waals surface area (Å²) in [4.78, 5) is 15.1. The van der Waals surface area contributed by atoms with Crippen LogP contribution in [0.1, 0.15) is 45.1 Å². The van der Waals surface area contributed by atoms with Crippen LogP contribution in [0.3, 0.4) is 0 Å². The number of ether oxygens (including phenoxy) is 1. The van der Waals surface area contributed by atoms with Gasteiger partial charge in [0.15, 0.2) is 0 Å². The largest absolute Gasteiger partial charge is 0.381 e. The van der Waals surface area contributed by atoms with Gasteiger partial charge in [-0.15, -0.1) is 0 Å². The molecule has 2 atom stereocenters. The van der Waals surface area contributed by atoms with E-state index in [2.05, 4.69) is 35.4 Å². The zero-order chi connectivity index (χ0) is 17.6. The van der Waals surface area contributed by atoms with Crippen molar-refractivity contribution in [2.75, 3.05) is 26.3 Å². The Labute approximate surface area is 150 Å². The number of nitrogens with one attached hydrogen (secondary N) is 1. The maximum Gasteiger partial charge on any atom is 0.223 e. The van der Waals surface area contributed by atoms with Crippen molar-refractivity contribution in [3.63, 3.8) is 0 Å². The molecule has 1 aromatic rings. The number of hydrogen-bond donors (Lipinski definition) is 1. The number of rotatable bonds is 7. The molecule has 0 saturated carbocycles. The van der Waals surface area contributed by atoms with Crippen molar-refractivity contribution in [3.05, 3.63) is 18.0 Å². The number of carbonyl (C=O) groups is 1. The molecule has 1 aromatic heterocycles. The van der Waals surface area contributed by atoms with Crippen molar-refractivity contribution >= 4 is 5.91 Å². The molecule has 25 heavy (non-hydrogen) atoms. The van der Waals surface area contributed by atoms with Gasteiger partial charge < -0.3 is 10.1 Å². The average molecular weight is 348 g/mol. The summed E-state index contributed by atoms with van der Waals surface area (Å²) in [6.07, 6.45) is 8.14. The molecule has 2 saturated heterocycles. The Bertz CT molecular complexity index is 553. The van der Waals surface area contributed by atoms with Crippen LogP contribution >= 0.6 is 0 Å². The predicted octanol–water partition coefficient (Wildman–Crippen LogP) is 2.05. The molecule has 1 amide bonds. The van der Waals surface area contributed by atoms with Crippen LogP contribution in [0.2, 0.25) is 0 Å². The van der Waals surface area contributed by atoms with Crippen molar-refractivity contribution in [1.82, 2.24) is 20.0 Å². The molecule has 6 heteroatoms. The Morgan fingerprint density at radius 1 is 1.32 bits per heavy atom. The minimum absolute atomic E-state index is 0.132. The van der Waals surface area contributed by atoms with Crippen molar-refractivity contribution < 1.29 is 9.53 Å². The first-order valence-electron chi connectivity index (χ1n) is 9.81. The van der Waals surface area contributed by atoms with E-state index >= 15 is 0 Å². The molecule has 2 aliphatic heterocycles. The molecule has 1 N–H and O–H groups in total. The van der Waals surface area contributed by atoms with E-state index in [0.29, 0.717) is 19.1 Å². The minimum atomic E-state index is 0.132. The smallest absolute Gasteiger partial charge is 0.223 e. The highest BCUT2D eigenvalue weighted by molar-refractivity contribution is 5.79. The van der Waals surface area contributed by atoms with Crippen molar-refractivity contribution in [2.45, 2.75) is 58.7 Å². The van der Waals surface area contributed by atoms with E-state index in [0.717, 1.165) is 45.4 Å². The summed E-state index contributed by atoms with van der Waals surface area (Å²) in [5, 5.41) is 7.73. The van der Waals surface area contributed by atoms with Crippen LogP contribution in [0.15, 0.2) is 12.4 Å². The van der Waals surface area contributed by atoms with Gasteiger partial charge in [0.2, 0.25) is 5.91 Å². The monoisotopic (exact) mass is 348 g/mol. The van der Waals surface area contributed by atoms with Gasteiger partial charge in [0.25, 0.3) is 0 Å². The molecule has 2 unspecified atom stereocenters. The lowest BCUT2D eigenvalue weighted by Gasteiger charge is -2.25. The highest BCUT2D eigenvalue weighted by Gasteiger charge is 2.34. The minimum Gasteiger partial charge on any atom is -0.381 e. The molecular formula is C19H32N4O2. The fraction of sp³-hybridized carbons (Fsp3) is 0.789. The Morgan fingerprint density at radius 3 is 2.80 bits per heavy atom. The van der Waals surface area contributed by atoms with Gasteiger partial charge in [0.1, 0.15) is 0 Å². The highest BCUT2D eigenvalue weighted by Crippen LogP contribution is 2.24. The molecule has 2 aliphatic rings. The summed E-state index contributed by atoms with van der Waals surface area (Å²) in [5.41, 5.74) is 1.26. The standard InChI is InChI=1S/C19H32N4O2/c1-3-5-17-13-22(11-15-10-20-23(4-2)12-15)14-18(17)21-19(24)16-6-8-25-9-7-16/h10,12,16-18H,3-9,11,13-14H2,1-2H3,(H,21,24). The van der Waals surface area contributed by atoms with Crippen LogP contribution < -0.4 is 5.32 Å². The van der Waals surface area contributed by atoms with Crippen LogP contribution in [-0.4, -0.2) is 52.9 Å². The maximum absolute atomic E-state index is 12.6. The number of amides is 1. The van der Waals surface area contributed by atoms with Gasteiger partial charge in [0.05, 0.1) is 6.20 Å². The van der Waals surface area contributed by atoms with Gasteiger partial charge in [-0.05, 0) is 32.1 Å². The number of aryl methyl sites for hydroxylation is 1. The van der Waals surface area contributed by atoms with Gasteiger partial charge in [-0.1, -0.05) is 13.3 Å². The van der Waals surface area contributed by atoms with E-state index in [1.54, 1.807) is 0 Å². The second kappa shape index (κ2) is 8.81. The molecule has 0 spiro atoms. The second-order valence-electron chi connectivity index (χ2n) is 7.45. The zero-order valence-electron chi connectivity index (χ0n) is 15.6. The predicted molar refractivity (Wildman–Crippen MR) is 97.0 cm³/mol. The van der Waals surface area contributed by atoms with E-state index in [1.807, 2.05) is 10.9 Å². The summed E-state index contributed by atoms with van der Waals surface area (Å²) in [6, 6.07) is 0.275. The Morgan fingerprint density at radius 2 is 2.12 bits per heavy atom. The zero-order valence-corrected chi connectivity index (χ0v) is 15.6. The van der Waals surface area contributed by atoms with E-state index in [1.165, 1.54) is 12.0 Å². The summed E-state index contributed by atoms with van der Waals surface area (Å²) in [6.45, 7) is 9.59. The molecule has 0 aliphatic carbocycles. The van der Waals surface area contributed by atoms with Gasteiger partial charge in [-0.2, -0.15) is 5.10 Å². The van der Waals surface area contributed by atoms with E-state index in [4.69, 9.17) is 4.74 Å². The van der Waals surface area contributed by atoms with Crippen LogP contribution in [-0.2, 0) is 22.6 Å². The molecule has 0 radical (unpaired) electrons. The number of aromatic nitrogens is 2. The summed E-state index contributed by atoms with van der Waals surface area (Å²) in [5.74, 6) is 0.915. The normalized spacial score (nSPS) is 25.4. The Balaban J connectivity index is 1.56. The van der Waals surface area contributed by atoms with E-state index < -0.39 is 0 Å². The highest BCUT2D eigenvalue weighted by atomic mass is 16.5. The first-order valence-corrected chi connectivity index (χ1v) is 9.81. The molecule has 3 rings (SSSR count). The number of nitrogens with zero attached hydrogens (tertiary/aromatic N) is 3. The lowest BCUT2D eigenvalue weighted by atomic mass is 9.95. The first-order chi connectivity index (χ1) is 12.2. The van der Waals surface area contributed by atoms with Crippen LogP contribution in [0.25, 0.3) is 0 Å². The molecule has 0 aromatic carbocycles. The summed E-state index contributed by atoms with van der Waals surface area (Å²) in [7, 11) is 0. The molecular weight excluding hydrogens is 316 g/mol. The summed E-state index contributed by atoms with van der Waals surface area (Å²) >= 11 is 0. The van der Waals surface area contributed by atoms with Gasteiger partial charge >= 0.3 is 0 Å². The number of likely N-dealkylation sites (tertiary alicyclic amines) is 1. The summed E-state index contributed by atoms with van der Waals surface area (Å²) < 4.78 is 7.35. The van der Waals surface area contributed by atoms with Crippen LogP contribution in [0.5, 0.6) is 0 Å². The van der Waals surface area contributed by atoms with Crippen molar-refractivity contribution in [3.8, 4) is 0 Å². The van der Waals surface area contributed by atoms with Gasteiger partial charge in [-0.3, -0.25) is 14.4 Å². The maximum atomic E-state index is 12.6. The second-order valence-corrected chi connectivity index (χ2v) is 7.45. The Kier molecular flexibility index (Phi) is 6.48. The quantitative estimate of drug-likeness (QED) is 0.819. The van der Waals surface area contributed by atoms with Crippen LogP contribution in [0, 0.1) is 11.8 Å². The first kappa shape index (κ1) is 18.4. The molecule has 0 bridgehead atoms. The average Bonchev–Trinajstić information content (AvgIpc) is 3.23. The molecule has 6 nitrogen and oxygen atoms in total. The number of carbonyl (C=O) groups excluding carboxylic acids is 1. The molecule has 2 fully saturated rings. The molecule has 140 valence electrons. The van der Waals surface area contributed by atoms with E-state index in [-0.39, 0.29) is 17.9 Å². The molecule has 3 heterocycles. The number of hydrogen-bond acceptors (Lipinski definition) is 4. The van der Waals surface area contributed by atoms with Crippen molar-refractivity contribution in [1.29, 1.82) is 0 Å². The lowest BCUT2D eigenvalue weighted by Crippen LogP contribution is -2.44. The third-order valence-corrected chi connectivity index (χ3v) is 5.51. The van der Waals surface area contributed by atoms with E-state index in [9.17, 15) is 4.79 Å². The lowest BCUT2D eigenvalue weighted by molar-refractivity contribution is -0.128. The van der Waals surface area contributed by atoms with Gasteiger partial charge in [0, 0.05) is 63.1 Å². The SMILES string of the molecule is CCCC1CN(Cc2cnn(CC)c2)CC1NC(=O)C1CCOCC1. The fourth-order valence-electron chi connectivity index (χ4n) is 4.10. The topological polar surface area (TPSA) is 59.4 Å².